The van der Waals surface area contributed by atoms with E-state index in [4.69, 9.17) is 11.6 Å². The lowest BCUT2D eigenvalue weighted by Crippen LogP contribution is -2.36. The molecular formula is C22H18ClFN2O3S. The number of hydrogen-bond donors (Lipinski definition) is 1. The monoisotopic (exact) mass is 444 g/mol. The van der Waals surface area contributed by atoms with E-state index in [1.54, 1.807) is 36.4 Å². The molecule has 5 nitrogen and oxygen atoms in total. The molecule has 0 aromatic heterocycles. The normalized spacial score (nSPS) is 14.2. The van der Waals surface area contributed by atoms with Gasteiger partial charge in [0.2, 0.25) is 10.0 Å². The first-order valence-electron chi connectivity index (χ1n) is 9.27. The number of amides is 1. The molecule has 0 radical (unpaired) electrons. The molecule has 3 aromatic rings. The largest absolute Gasteiger partial charge is 0.322 e. The van der Waals surface area contributed by atoms with Gasteiger partial charge in [-0.3, -0.25) is 4.79 Å². The molecule has 0 aliphatic carbocycles. The first-order valence-corrected chi connectivity index (χ1v) is 11.1. The molecule has 3 aromatic carbocycles. The number of carbonyl (C=O) groups excluding carboxylic acids is 1. The first kappa shape index (κ1) is 20.5. The van der Waals surface area contributed by atoms with Crippen LogP contribution in [0.5, 0.6) is 0 Å². The molecule has 0 spiro atoms. The predicted octanol–water partition coefficient (Wildman–Crippen LogP) is 4.48. The number of fused-ring (bicyclic) bond motifs is 1. The van der Waals surface area contributed by atoms with E-state index in [1.165, 1.54) is 16.4 Å². The van der Waals surface area contributed by atoms with E-state index in [0.29, 0.717) is 29.2 Å². The van der Waals surface area contributed by atoms with Crippen LogP contribution in [0.3, 0.4) is 0 Å². The van der Waals surface area contributed by atoms with E-state index in [1.807, 2.05) is 6.07 Å². The summed E-state index contributed by atoms with van der Waals surface area (Å²) in [7, 11) is -3.74. The predicted molar refractivity (Wildman–Crippen MR) is 114 cm³/mol. The van der Waals surface area contributed by atoms with Crippen LogP contribution in [0.15, 0.2) is 71.6 Å². The average molecular weight is 445 g/mol. The molecule has 1 amide bonds. The van der Waals surface area contributed by atoms with E-state index in [9.17, 15) is 17.6 Å². The molecule has 0 bridgehead atoms. The maximum absolute atomic E-state index is 13.2. The molecule has 0 unspecified atom stereocenters. The number of carbonyl (C=O) groups is 1. The Morgan fingerprint density at radius 2 is 1.67 bits per heavy atom. The highest BCUT2D eigenvalue weighted by Gasteiger charge is 2.28. The van der Waals surface area contributed by atoms with Crippen molar-refractivity contribution in [2.45, 2.75) is 17.9 Å². The summed E-state index contributed by atoms with van der Waals surface area (Å²) in [5, 5.41) is 3.37. The van der Waals surface area contributed by atoms with Crippen LogP contribution in [0.25, 0.3) is 0 Å². The number of hydrogen-bond acceptors (Lipinski definition) is 3. The molecule has 1 heterocycles. The van der Waals surface area contributed by atoms with Crippen molar-refractivity contribution in [1.29, 1.82) is 0 Å². The molecule has 1 aliphatic heterocycles. The van der Waals surface area contributed by atoms with Gasteiger partial charge in [0.25, 0.3) is 5.91 Å². The van der Waals surface area contributed by atoms with Gasteiger partial charge >= 0.3 is 0 Å². The van der Waals surface area contributed by atoms with Gasteiger partial charge in [0.15, 0.2) is 0 Å². The average Bonchev–Trinajstić information content (AvgIpc) is 2.74. The summed E-state index contributed by atoms with van der Waals surface area (Å²) in [6, 6.07) is 16.8. The SMILES string of the molecule is O=C(Nc1ccc2c(c1)CN(S(=O)(=O)c1ccc(F)cc1)CC2)c1ccc(Cl)cc1. The molecule has 0 atom stereocenters. The van der Waals surface area contributed by atoms with Crippen molar-refractivity contribution in [1.82, 2.24) is 4.31 Å². The highest BCUT2D eigenvalue weighted by Crippen LogP contribution is 2.27. The van der Waals surface area contributed by atoms with E-state index >= 15 is 0 Å². The van der Waals surface area contributed by atoms with Crippen LogP contribution in [-0.2, 0) is 23.0 Å². The number of halogens is 2. The maximum atomic E-state index is 13.2. The number of benzene rings is 3. The fourth-order valence-corrected chi connectivity index (χ4v) is 4.92. The summed E-state index contributed by atoms with van der Waals surface area (Å²) < 4.78 is 40.3. The van der Waals surface area contributed by atoms with Crippen LogP contribution in [0.1, 0.15) is 21.5 Å². The van der Waals surface area contributed by atoms with Gasteiger partial charge in [-0.25, -0.2) is 12.8 Å². The van der Waals surface area contributed by atoms with Gasteiger partial charge in [-0.1, -0.05) is 17.7 Å². The Balaban J connectivity index is 1.54. The molecule has 8 heteroatoms. The topological polar surface area (TPSA) is 66.5 Å². The van der Waals surface area contributed by atoms with Gasteiger partial charge in [0.1, 0.15) is 5.82 Å². The van der Waals surface area contributed by atoms with Crippen molar-refractivity contribution in [2.75, 3.05) is 11.9 Å². The van der Waals surface area contributed by atoms with E-state index < -0.39 is 15.8 Å². The van der Waals surface area contributed by atoms with Crippen molar-refractivity contribution in [2.24, 2.45) is 0 Å². The standard InChI is InChI=1S/C22H18ClFN2O3S/c23-18-4-1-16(2-5-18)22(27)25-20-8-3-15-11-12-26(14-17(15)13-20)30(28,29)21-9-6-19(24)7-10-21/h1-10,13H,11-12,14H2,(H,25,27). The Labute approximate surface area is 179 Å². The van der Waals surface area contributed by atoms with Crippen LogP contribution < -0.4 is 5.32 Å². The zero-order chi connectivity index (χ0) is 21.3. The quantitative estimate of drug-likeness (QED) is 0.645. The second kappa shape index (κ2) is 8.18. The molecule has 0 fully saturated rings. The van der Waals surface area contributed by atoms with Gasteiger partial charge in [-0.2, -0.15) is 4.31 Å². The van der Waals surface area contributed by atoms with Gasteiger partial charge < -0.3 is 5.32 Å². The second-order valence-electron chi connectivity index (χ2n) is 6.99. The summed E-state index contributed by atoms with van der Waals surface area (Å²) in [6.45, 7) is 0.517. The van der Waals surface area contributed by atoms with Crippen molar-refractivity contribution in [3.8, 4) is 0 Å². The number of rotatable bonds is 4. The Bertz CT molecular complexity index is 1200. The van der Waals surface area contributed by atoms with Gasteiger partial charge in [-0.05, 0) is 78.2 Å². The maximum Gasteiger partial charge on any atom is 0.255 e. The smallest absolute Gasteiger partial charge is 0.255 e. The van der Waals surface area contributed by atoms with Crippen molar-refractivity contribution < 1.29 is 17.6 Å². The number of nitrogens with zero attached hydrogens (tertiary/aromatic N) is 1. The fourth-order valence-electron chi connectivity index (χ4n) is 3.37. The molecule has 0 saturated carbocycles. The third kappa shape index (κ3) is 4.23. The fraction of sp³-hybridized carbons (Fsp3) is 0.136. The van der Waals surface area contributed by atoms with Crippen molar-refractivity contribution in [3.05, 3.63) is 94.3 Å². The van der Waals surface area contributed by atoms with Crippen LogP contribution in [-0.4, -0.2) is 25.2 Å². The third-order valence-corrected chi connectivity index (χ3v) is 7.11. The lowest BCUT2D eigenvalue weighted by molar-refractivity contribution is 0.102. The van der Waals surface area contributed by atoms with Crippen LogP contribution >= 0.6 is 11.6 Å². The van der Waals surface area contributed by atoms with Crippen LogP contribution in [0.4, 0.5) is 10.1 Å². The summed E-state index contributed by atoms with van der Waals surface area (Å²) in [5.41, 5.74) is 2.90. The molecule has 1 N–H and O–H groups in total. The van der Waals surface area contributed by atoms with E-state index in [-0.39, 0.29) is 17.3 Å². The van der Waals surface area contributed by atoms with Crippen molar-refractivity contribution in [3.63, 3.8) is 0 Å². The second-order valence-corrected chi connectivity index (χ2v) is 9.36. The minimum absolute atomic E-state index is 0.0551. The number of sulfonamides is 1. The number of anilines is 1. The van der Waals surface area contributed by atoms with Crippen LogP contribution in [0.2, 0.25) is 5.02 Å². The molecule has 154 valence electrons. The molecule has 0 saturated heterocycles. The Hall–Kier alpha value is -2.74. The van der Waals surface area contributed by atoms with Crippen LogP contribution in [0, 0.1) is 5.82 Å². The molecule has 30 heavy (non-hydrogen) atoms. The summed E-state index contributed by atoms with van der Waals surface area (Å²) in [4.78, 5) is 12.5. The van der Waals surface area contributed by atoms with Gasteiger partial charge in [0, 0.05) is 29.4 Å². The van der Waals surface area contributed by atoms with Gasteiger partial charge in [0.05, 0.1) is 4.90 Å². The Morgan fingerprint density at radius 1 is 0.967 bits per heavy atom. The molecule has 1 aliphatic rings. The van der Waals surface area contributed by atoms with E-state index in [2.05, 4.69) is 5.32 Å². The van der Waals surface area contributed by atoms with E-state index in [0.717, 1.165) is 23.3 Å². The summed E-state index contributed by atoms with van der Waals surface area (Å²) >= 11 is 5.85. The molecular weight excluding hydrogens is 427 g/mol. The summed E-state index contributed by atoms with van der Waals surface area (Å²) in [6.07, 6.45) is 0.557. The third-order valence-electron chi connectivity index (χ3n) is 5.00. The summed E-state index contributed by atoms with van der Waals surface area (Å²) in [5.74, 6) is -0.766. The minimum Gasteiger partial charge on any atom is -0.322 e. The van der Waals surface area contributed by atoms with Gasteiger partial charge in [-0.15, -0.1) is 0 Å². The zero-order valence-electron chi connectivity index (χ0n) is 15.8. The first-order chi connectivity index (χ1) is 14.3. The lowest BCUT2D eigenvalue weighted by atomic mass is 10.0. The minimum atomic E-state index is -3.74. The highest BCUT2D eigenvalue weighted by atomic mass is 35.5. The zero-order valence-corrected chi connectivity index (χ0v) is 17.4. The van der Waals surface area contributed by atoms with Crippen molar-refractivity contribution >= 4 is 33.2 Å². The Kier molecular flexibility index (Phi) is 5.60. The number of nitrogens with one attached hydrogen (secondary N) is 1. The molecule has 4 rings (SSSR count). The Morgan fingerprint density at radius 3 is 2.37 bits per heavy atom. The lowest BCUT2D eigenvalue weighted by Gasteiger charge is -2.28. The highest BCUT2D eigenvalue weighted by molar-refractivity contribution is 7.89.